The van der Waals surface area contributed by atoms with E-state index in [0.29, 0.717) is 5.82 Å². The first-order valence-corrected chi connectivity index (χ1v) is 6.84. The maximum atomic E-state index is 5.32. The van der Waals surface area contributed by atoms with Gasteiger partial charge in [-0.2, -0.15) is 0 Å². The highest BCUT2D eigenvalue weighted by Gasteiger charge is 2.19. The molecule has 2 rings (SSSR count). The van der Waals surface area contributed by atoms with Gasteiger partial charge < -0.3 is 10.7 Å². The van der Waals surface area contributed by atoms with Gasteiger partial charge in [0.2, 0.25) is 0 Å². The molecule has 1 heterocycles. The first-order chi connectivity index (χ1) is 8.81. The van der Waals surface area contributed by atoms with Gasteiger partial charge in [0.05, 0.1) is 0 Å². The largest absolute Gasteiger partial charge is 0.370 e. The van der Waals surface area contributed by atoms with Crippen molar-refractivity contribution in [3.8, 4) is 0 Å². The van der Waals surface area contributed by atoms with Crippen molar-refractivity contribution in [2.45, 2.75) is 39.0 Å². The molecule has 100 valence electrons. The van der Waals surface area contributed by atoms with Gasteiger partial charge in [0.15, 0.2) is 0 Å². The molecule has 0 saturated heterocycles. The standard InChI is InChI=1S/C13H23N5/c1-2-10-3-5-11(6-4-10)8-15-12-7-13(18-14)17-9-16-12/h7,9-11H,2-6,8,14H2,1H3,(H2,15,16,17,18). The van der Waals surface area contributed by atoms with Crippen LogP contribution in [0.1, 0.15) is 39.0 Å². The number of nitrogens with zero attached hydrogens (tertiary/aromatic N) is 2. The van der Waals surface area contributed by atoms with E-state index in [4.69, 9.17) is 5.84 Å². The lowest BCUT2D eigenvalue weighted by Crippen LogP contribution is -2.21. The zero-order valence-electron chi connectivity index (χ0n) is 11.0. The molecule has 18 heavy (non-hydrogen) atoms. The Hall–Kier alpha value is -1.36. The number of hydrazine groups is 1. The molecule has 0 amide bonds. The Kier molecular flexibility index (Phi) is 4.75. The van der Waals surface area contributed by atoms with Crippen LogP contribution in [0.5, 0.6) is 0 Å². The van der Waals surface area contributed by atoms with E-state index >= 15 is 0 Å². The molecule has 1 aliphatic rings. The van der Waals surface area contributed by atoms with Crippen molar-refractivity contribution < 1.29 is 0 Å². The van der Waals surface area contributed by atoms with E-state index in [1.54, 1.807) is 0 Å². The summed E-state index contributed by atoms with van der Waals surface area (Å²) in [5, 5.41) is 3.38. The van der Waals surface area contributed by atoms with Crippen LogP contribution in [0.2, 0.25) is 0 Å². The summed E-state index contributed by atoms with van der Waals surface area (Å²) in [6, 6.07) is 1.83. The highest BCUT2D eigenvalue weighted by Crippen LogP contribution is 2.30. The fourth-order valence-electron chi connectivity index (χ4n) is 2.63. The quantitative estimate of drug-likeness (QED) is 0.552. The van der Waals surface area contributed by atoms with Crippen molar-refractivity contribution in [2.75, 3.05) is 17.3 Å². The van der Waals surface area contributed by atoms with Gasteiger partial charge >= 0.3 is 0 Å². The molecule has 1 fully saturated rings. The summed E-state index contributed by atoms with van der Waals surface area (Å²) in [7, 11) is 0. The second-order valence-electron chi connectivity index (χ2n) is 5.11. The Morgan fingerprint density at radius 3 is 2.50 bits per heavy atom. The molecule has 1 aromatic rings. The molecule has 0 spiro atoms. The third-order valence-corrected chi connectivity index (χ3v) is 3.93. The molecule has 1 aliphatic carbocycles. The fourth-order valence-corrected chi connectivity index (χ4v) is 2.63. The Morgan fingerprint density at radius 2 is 1.83 bits per heavy atom. The van der Waals surface area contributed by atoms with E-state index in [1.165, 1.54) is 38.4 Å². The topological polar surface area (TPSA) is 75.9 Å². The number of nitrogen functional groups attached to an aromatic ring is 1. The number of aromatic nitrogens is 2. The number of hydrogen-bond donors (Lipinski definition) is 3. The molecule has 0 aromatic carbocycles. The van der Waals surface area contributed by atoms with Gasteiger partial charge in [-0.15, -0.1) is 0 Å². The van der Waals surface area contributed by atoms with Gasteiger partial charge in [-0.1, -0.05) is 26.2 Å². The van der Waals surface area contributed by atoms with Gasteiger partial charge in [0, 0.05) is 12.6 Å². The Labute approximate surface area is 109 Å². The van der Waals surface area contributed by atoms with E-state index in [9.17, 15) is 0 Å². The van der Waals surface area contributed by atoms with Crippen molar-refractivity contribution >= 4 is 11.6 Å². The SMILES string of the molecule is CCC1CCC(CNc2cc(NN)ncn2)CC1. The minimum atomic E-state index is 0.641. The lowest BCUT2D eigenvalue weighted by molar-refractivity contribution is 0.278. The lowest BCUT2D eigenvalue weighted by atomic mass is 9.81. The van der Waals surface area contributed by atoms with Crippen LogP contribution in [-0.2, 0) is 0 Å². The van der Waals surface area contributed by atoms with Crippen LogP contribution in [0, 0.1) is 11.8 Å². The highest BCUT2D eigenvalue weighted by molar-refractivity contribution is 5.45. The summed E-state index contributed by atoms with van der Waals surface area (Å²) in [6.45, 7) is 3.29. The molecule has 4 N–H and O–H groups in total. The maximum Gasteiger partial charge on any atom is 0.145 e. The number of rotatable bonds is 5. The smallest absolute Gasteiger partial charge is 0.145 e. The molecule has 0 atom stereocenters. The predicted octanol–water partition coefficient (Wildman–Crippen LogP) is 2.39. The number of nitrogens with two attached hydrogens (primary N) is 1. The molecule has 1 saturated carbocycles. The average Bonchev–Trinajstić information content (AvgIpc) is 2.46. The van der Waals surface area contributed by atoms with Crippen LogP contribution in [0.3, 0.4) is 0 Å². The number of nitrogens with one attached hydrogen (secondary N) is 2. The van der Waals surface area contributed by atoms with Crippen LogP contribution in [-0.4, -0.2) is 16.5 Å². The third kappa shape index (κ3) is 3.57. The third-order valence-electron chi connectivity index (χ3n) is 3.93. The molecular formula is C13H23N5. The van der Waals surface area contributed by atoms with Crippen molar-refractivity contribution in [1.29, 1.82) is 0 Å². The van der Waals surface area contributed by atoms with Crippen LogP contribution in [0.25, 0.3) is 0 Å². The summed E-state index contributed by atoms with van der Waals surface area (Å²) >= 11 is 0. The normalized spacial score (nSPS) is 23.7. The molecule has 0 bridgehead atoms. The monoisotopic (exact) mass is 249 g/mol. The number of anilines is 2. The summed E-state index contributed by atoms with van der Waals surface area (Å²) in [5.41, 5.74) is 2.53. The van der Waals surface area contributed by atoms with Crippen LogP contribution < -0.4 is 16.6 Å². The lowest BCUT2D eigenvalue weighted by Gasteiger charge is -2.27. The summed E-state index contributed by atoms with van der Waals surface area (Å²) in [5.74, 6) is 8.53. The summed E-state index contributed by atoms with van der Waals surface area (Å²) < 4.78 is 0. The Bertz CT molecular complexity index is 360. The molecule has 1 aromatic heterocycles. The van der Waals surface area contributed by atoms with Crippen LogP contribution in [0.15, 0.2) is 12.4 Å². The molecule has 0 aliphatic heterocycles. The van der Waals surface area contributed by atoms with E-state index in [0.717, 1.165) is 24.2 Å². The van der Waals surface area contributed by atoms with Crippen LogP contribution in [0.4, 0.5) is 11.6 Å². The molecule has 5 nitrogen and oxygen atoms in total. The maximum absolute atomic E-state index is 5.32. The van der Waals surface area contributed by atoms with Gasteiger partial charge in [-0.05, 0) is 24.7 Å². The average molecular weight is 249 g/mol. The predicted molar refractivity (Wildman–Crippen MR) is 74.1 cm³/mol. The first-order valence-electron chi connectivity index (χ1n) is 6.84. The molecule has 0 unspecified atom stereocenters. The zero-order chi connectivity index (χ0) is 12.8. The van der Waals surface area contributed by atoms with E-state index < -0.39 is 0 Å². The molecule has 0 radical (unpaired) electrons. The van der Waals surface area contributed by atoms with Gasteiger partial charge in [-0.25, -0.2) is 15.8 Å². The fraction of sp³-hybridized carbons (Fsp3) is 0.692. The second kappa shape index (κ2) is 6.54. The summed E-state index contributed by atoms with van der Waals surface area (Å²) in [4.78, 5) is 8.17. The van der Waals surface area contributed by atoms with Crippen molar-refractivity contribution in [2.24, 2.45) is 17.7 Å². The molecule has 5 heteroatoms. The number of hydrogen-bond acceptors (Lipinski definition) is 5. The highest BCUT2D eigenvalue weighted by atomic mass is 15.3. The van der Waals surface area contributed by atoms with E-state index in [-0.39, 0.29) is 0 Å². The minimum absolute atomic E-state index is 0.641. The summed E-state index contributed by atoms with van der Waals surface area (Å²) in [6.07, 6.45) is 8.27. The first kappa shape index (κ1) is 13.1. The minimum Gasteiger partial charge on any atom is -0.370 e. The van der Waals surface area contributed by atoms with Crippen LogP contribution >= 0.6 is 0 Å². The van der Waals surface area contributed by atoms with Crippen molar-refractivity contribution in [1.82, 2.24) is 9.97 Å². The Morgan fingerprint density at radius 1 is 1.17 bits per heavy atom. The van der Waals surface area contributed by atoms with Gasteiger partial charge in [-0.3, -0.25) is 0 Å². The zero-order valence-corrected chi connectivity index (χ0v) is 11.0. The van der Waals surface area contributed by atoms with E-state index in [1.807, 2.05) is 6.07 Å². The molecular weight excluding hydrogens is 226 g/mol. The Balaban J connectivity index is 1.77. The van der Waals surface area contributed by atoms with Gasteiger partial charge in [0.1, 0.15) is 18.0 Å². The van der Waals surface area contributed by atoms with Gasteiger partial charge in [0.25, 0.3) is 0 Å². The second-order valence-corrected chi connectivity index (χ2v) is 5.11. The van der Waals surface area contributed by atoms with Crippen molar-refractivity contribution in [3.05, 3.63) is 12.4 Å². The van der Waals surface area contributed by atoms with E-state index in [2.05, 4.69) is 27.6 Å². The van der Waals surface area contributed by atoms with Crippen molar-refractivity contribution in [3.63, 3.8) is 0 Å².